The molecule has 0 aliphatic rings. The third kappa shape index (κ3) is 5.39. The SMILES string of the molecule is COCC(C)Oc1c(CNC(C)(C)C)cccc1OC. The van der Waals surface area contributed by atoms with Gasteiger partial charge in [0.1, 0.15) is 6.10 Å². The van der Waals surface area contributed by atoms with Crippen LogP contribution in [0.5, 0.6) is 11.5 Å². The van der Waals surface area contributed by atoms with Crippen molar-refractivity contribution < 1.29 is 14.2 Å². The van der Waals surface area contributed by atoms with Gasteiger partial charge in [-0.2, -0.15) is 0 Å². The molecule has 0 bridgehead atoms. The summed E-state index contributed by atoms with van der Waals surface area (Å²) in [6.45, 7) is 9.68. The van der Waals surface area contributed by atoms with Crippen molar-refractivity contribution in [2.24, 2.45) is 0 Å². The number of benzene rings is 1. The standard InChI is InChI=1S/C16H27NO3/c1-12(11-18-5)20-15-13(10-17-16(2,3)4)8-7-9-14(15)19-6/h7-9,12,17H,10-11H2,1-6H3. The Labute approximate surface area is 122 Å². The van der Waals surface area contributed by atoms with Crippen LogP contribution >= 0.6 is 0 Å². The molecule has 0 fully saturated rings. The number of methoxy groups -OCH3 is 2. The summed E-state index contributed by atoms with van der Waals surface area (Å²) >= 11 is 0. The highest BCUT2D eigenvalue weighted by Gasteiger charge is 2.16. The Balaban J connectivity index is 2.92. The zero-order valence-corrected chi connectivity index (χ0v) is 13.4. The van der Waals surface area contributed by atoms with Crippen molar-refractivity contribution in [1.29, 1.82) is 0 Å². The summed E-state index contributed by atoms with van der Waals surface area (Å²) in [5.41, 5.74) is 1.14. The van der Waals surface area contributed by atoms with Crippen LogP contribution in [0, 0.1) is 0 Å². The van der Waals surface area contributed by atoms with Crippen molar-refractivity contribution in [3.05, 3.63) is 23.8 Å². The van der Waals surface area contributed by atoms with Gasteiger partial charge in [-0.3, -0.25) is 0 Å². The minimum absolute atomic E-state index is 0.0234. The molecule has 1 unspecified atom stereocenters. The van der Waals surface area contributed by atoms with E-state index in [0.29, 0.717) is 6.61 Å². The first-order chi connectivity index (χ1) is 9.37. The van der Waals surface area contributed by atoms with Gasteiger partial charge in [-0.25, -0.2) is 0 Å². The van der Waals surface area contributed by atoms with Crippen LogP contribution in [-0.4, -0.2) is 32.5 Å². The van der Waals surface area contributed by atoms with Gasteiger partial charge in [0.15, 0.2) is 11.5 Å². The lowest BCUT2D eigenvalue weighted by Crippen LogP contribution is -2.35. The van der Waals surface area contributed by atoms with Crippen molar-refractivity contribution in [3.8, 4) is 11.5 Å². The Morgan fingerprint density at radius 2 is 1.90 bits per heavy atom. The largest absolute Gasteiger partial charge is 0.493 e. The summed E-state index contributed by atoms with van der Waals surface area (Å²) in [6, 6.07) is 5.94. The minimum Gasteiger partial charge on any atom is -0.493 e. The fourth-order valence-corrected chi connectivity index (χ4v) is 1.83. The van der Waals surface area contributed by atoms with E-state index in [0.717, 1.165) is 23.6 Å². The number of nitrogens with one attached hydrogen (secondary N) is 1. The number of hydrogen-bond donors (Lipinski definition) is 1. The number of rotatable bonds is 7. The molecule has 0 aromatic heterocycles. The normalized spacial score (nSPS) is 13.1. The van der Waals surface area contributed by atoms with Crippen LogP contribution in [0.15, 0.2) is 18.2 Å². The van der Waals surface area contributed by atoms with Crippen LogP contribution in [0.4, 0.5) is 0 Å². The lowest BCUT2D eigenvalue weighted by atomic mass is 10.1. The number of ether oxygens (including phenoxy) is 3. The van der Waals surface area contributed by atoms with Crippen molar-refractivity contribution in [2.45, 2.75) is 45.9 Å². The molecule has 0 saturated carbocycles. The van der Waals surface area contributed by atoms with Gasteiger partial charge >= 0.3 is 0 Å². The molecule has 20 heavy (non-hydrogen) atoms. The Kier molecular flexibility index (Phi) is 6.30. The molecule has 1 aromatic carbocycles. The molecule has 0 radical (unpaired) electrons. The van der Waals surface area contributed by atoms with Crippen LogP contribution in [0.2, 0.25) is 0 Å². The Morgan fingerprint density at radius 3 is 2.45 bits per heavy atom. The second-order valence-corrected chi connectivity index (χ2v) is 5.94. The highest BCUT2D eigenvalue weighted by Crippen LogP contribution is 2.32. The predicted molar refractivity (Wildman–Crippen MR) is 81.6 cm³/mol. The average Bonchev–Trinajstić information content (AvgIpc) is 2.36. The number of hydrogen-bond acceptors (Lipinski definition) is 4. The van der Waals surface area contributed by atoms with Gasteiger partial charge in [-0.05, 0) is 33.8 Å². The van der Waals surface area contributed by atoms with Crippen LogP contribution in [0.1, 0.15) is 33.3 Å². The van der Waals surface area contributed by atoms with E-state index in [-0.39, 0.29) is 11.6 Å². The lowest BCUT2D eigenvalue weighted by molar-refractivity contribution is 0.0891. The van der Waals surface area contributed by atoms with Gasteiger partial charge < -0.3 is 19.5 Å². The first-order valence-corrected chi connectivity index (χ1v) is 6.94. The van der Waals surface area contributed by atoms with Crippen molar-refractivity contribution in [1.82, 2.24) is 5.32 Å². The summed E-state index contributed by atoms with van der Waals surface area (Å²) in [7, 11) is 3.33. The van der Waals surface area contributed by atoms with E-state index in [9.17, 15) is 0 Å². The Hall–Kier alpha value is -1.26. The van der Waals surface area contributed by atoms with E-state index in [1.54, 1.807) is 14.2 Å². The van der Waals surface area contributed by atoms with Gasteiger partial charge in [0, 0.05) is 24.8 Å². The van der Waals surface area contributed by atoms with E-state index in [1.807, 2.05) is 19.1 Å². The van der Waals surface area contributed by atoms with Crippen LogP contribution in [0.3, 0.4) is 0 Å². The first kappa shape index (κ1) is 16.8. The minimum atomic E-state index is -0.0234. The van der Waals surface area contributed by atoms with Crippen molar-refractivity contribution in [3.63, 3.8) is 0 Å². The summed E-state index contributed by atoms with van der Waals surface area (Å²) in [5.74, 6) is 1.54. The van der Waals surface area contributed by atoms with E-state index < -0.39 is 0 Å². The van der Waals surface area contributed by atoms with E-state index in [4.69, 9.17) is 14.2 Å². The van der Waals surface area contributed by atoms with Gasteiger partial charge in [0.25, 0.3) is 0 Å². The van der Waals surface area contributed by atoms with Gasteiger partial charge in [-0.15, -0.1) is 0 Å². The molecule has 0 aliphatic heterocycles. The van der Waals surface area contributed by atoms with Gasteiger partial charge in [0.2, 0.25) is 0 Å². The number of para-hydroxylation sites is 1. The quantitative estimate of drug-likeness (QED) is 0.834. The third-order valence-electron chi connectivity index (χ3n) is 2.81. The summed E-state index contributed by atoms with van der Waals surface area (Å²) in [5, 5.41) is 3.47. The van der Waals surface area contributed by atoms with Crippen LogP contribution in [-0.2, 0) is 11.3 Å². The van der Waals surface area contributed by atoms with Gasteiger partial charge in [0.05, 0.1) is 13.7 Å². The fourth-order valence-electron chi connectivity index (χ4n) is 1.83. The van der Waals surface area contributed by atoms with E-state index in [2.05, 4.69) is 32.2 Å². The van der Waals surface area contributed by atoms with Crippen LogP contribution in [0.25, 0.3) is 0 Å². The summed E-state index contributed by atoms with van der Waals surface area (Å²) in [6.07, 6.45) is -0.0234. The second kappa shape index (κ2) is 7.50. The Bertz CT molecular complexity index is 413. The molecular formula is C16H27NO3. The molecule has 4 heteroatoms. The molecule has 0 amide bonds. The molecule has 114 valence electrons. The third-order valence-corrected chi connectivity index (χ3v) is 2.81. The van der Waals surface area contributed by atoms with E-state index in [1.165, 1.54) is 0 Å². The van der Waals surface area contributed by atoms with Gasteiger partial charge in [-0.1, -0.05) is 12.1 Å². The zero-order chi connectivity index (χ0) is 15.2. The molecule has 1 aromatic rings. The highest BCUT2D eigenvalue weighted by atomic mass is 16.5. The molecule has 0 heterocycles. The second-order valence-electron chi connectivity index (χ2n) is 5.94. The molecule has 1 atom stereocenters. The topological polar surface area (TPSA) is 39.7 Å². The summed E-state index contributed by atoms with van der Waals surface area (Å²) < 4.78 is 16.5. The van der Waals surface area contributed by atoms with Crippen molar-refractivity contribution >= 4 is 0 Å². The molecule has 0 aliphatic carbocycles. The molecule has 0 spiro atoms. The first-order valence-electron chi connectivity index (χ1n) is 6.94. The predicted octanol–water partition coefficient (Wildman–Crippen LogP) is 3.00. The molecular weight excluding hydrogens is 254 g/mol. The Morgan fingerprint density at radius 1 is 1.20 bits per heavy atom. The fraction of sp³-hybridized carbons (Fsp3) is 0.625. The highest BCUT2D eigenvalue weighted by molar-refractivity contribution is 5.46. The van der Waals surface area contributed by atoms with Crippen LogP contribution < -0.4 is 14.8 Å². The maximum atomic E-state index is 5.98. The van der Waals surface area contributed by atoms with Crippen molar-refractivity contribution in [2.75, 3.05) is 20.8 Å². The summed E-state index contributed by atoms with van der Waals surface area (Å²) in [4.78, 5) is 0. The monoisotopic (exact) mass is 281 g/mol. The molecule has 0 saturated heterocycles. The van der Waals surface area contributed by atoms with E-state index >= 15 is 0 Å². The lowest BCUT2D eigenvalue weighted by Gasteiger charge is -2.23. The molecule has 4 nitrogen and oxygen atoms in total. The molecule has 1 rings (SSSR count). The average molecular weight is 281 g/mol. The smallest absolute Gasteiger partial charge is 0.166 e. The maximum absolute atomic E-state index is 5.98. The zero-order valence-electron chi connectivity index (χ0n) is 13.4. The maximum Gasteiger partial charge on any atom is 0.166 e. The molecule has 1 N–H and O–H groups in total.